The van der Waals surface area contributed by atoms with E-state index in [9.17, 15) is 4.79 Å². The summed E-state index contributed by atoms with van der Waals surface area (Å²) in [6, 6.07) is 6.09. The van der Waals surface area contributed by atoms with Crippen LogP contribution in [0, 0.1) is 12.3 Å². The minimum atomic E-state index is -0.491. The Kier molecular flexibility index (Phi) is 3.97. The molecule has 134 valence electrons. The van der Waals surface area contributed by atoms with E-state index in [1.807, 2.05) is 73.7 Å². The largest absolute Gasteiger partial charge is 0.497 e. The highest BCUT2D eigenvalue weighted by Gasteiger charge is 2.52. The first-order valence-electron chi connectivity index (χ1n) is 8.86. The van der Waals surface area contributed by atoms with Gasteiger partial charge in [0.05, 0.1) is 16.7 Å². The van der Waals surface area contributed by atoms with Crippen LogP contribution in [0.25, 0.3) is 10.9 Å². The van der Waals surface area contributed by atoms with Crippen LogP contribution >= 0.6 is 0 Å². The smallest absolute Gasteiger partial charge is 0.399 e. The van der Waals surface area contributed by atoms with E-state index in [4.69, 9.17) is 9.31 Å². The van der Waals surface area contributed by atoms with E-state index in [0.29, 0.717) is 0 Å². The number of fused-ring (bicyclic) bond motifs is 1. The molecule has 1 aliphatic heterocycles. The summed E-state index contributed by atoms with van der Waals surface area (Å²) in [6.45, 7) is 16.0. The summed E-state index contributed by atoms with van der Waals surface area (Å²) >= 11 is 0. The van der Waals surface area contributed by atoms with Crippen molar-refractivity contribution in [2.24, 2.45) is 5.41 Å². The molecule has 0 radical (unpaired) electrons. The molecule has 0 spiro atoms. The zero-order chi connectivity index (χ0) is 18.8. The molecule has 0 saturated carbocycles. The van der Waals surface area contributed by atoms with E-state index in [-0.39, 0.29) is 5.91 Å². The zero-order valence-electron chi connectivity index (χ0n) is 16.6. The van der Waals surface area contributed by atoms with Gasteiger partial charge in [0, 0.05) is 17.1 Å². The molecule has 0 bridgehead atoms. The van der Waals surface area contributed by atoms with Gasteiger partial charge in [0.1, 0.15) is 0 Å². The lowest BCUT2D eigenvalue weighted by atomic mass is 9.75. The fraction of sp³-hybridized carbons (Fsp3) is 0.550. The van der Waals surface area contributed by atoms with Crippen LogP contribution in [0.3, 0.4) is 0 Å². The van der Waals surface area contributed by atoms with Crippen molar-refractivity contribution in [2.75, 3.05) is 0 Å². The third-order valence-corrected chi connectivity index (χ3v) is 5.46. The van der Waals surface area contributed by atoms with Crippen molar-refractivity contribution in [3.8, 4) is 0 Å². The Labute approximate surface area is 150 Å². The number of benzene rings is 1. The number of hydrogen-bond acceptors (Lipinski definition) is 3. The lowest BCUT2D eigenvalue weighted by molar-refractivity contribution is 0.00578. The van der Waals surface area contributed by atoms with Gasteiger partial charge in [0.2, 0.25) is 5.91 Å². The van der Waals surface area contributed by atoms with Crippen molar-refractivity contribution in [2.45, 2.75) is 66.6 Å². The number of carbonyl (C=O) groups is 1. The van der Waals surface area contributed by atoms with Gasteiger partial charge < -0.3 is 9.31 Å². The second-order valence-electron chi connectivity index (χ2n) is 9.06. The number of nitrogens with zero attached hydrogens (tertiary/aromatic N) is 1. The minimum absolute atomic E-state index is 0.0610. The van der Waals surface area contributed by atoms with Gasteiger partial charge in [-0.05, 0) is 51.6 Å². The van der Waals surface area contributed by atoms with Crippen LogP contribution in [-0.2, 0) is 9.31 Å². The molecule has 1 fully saturated rings. The Hall–Kier alpha value is -1.59. The van der Waals surface area contributed by atoms with Crippen molar-refractivity contribution >= 4 is 29.4 Å². The van der Waals surface area contributed by atoms with Crippen LogP contribution in [0.2, 0.25) is 0 Å². The summed E-state index contributed by atoms with van der Waals surface area (Å²) in [5.74, 6) is 0.0610. The van der Waals surface area contributed by atoms with E-state index in [1.165, 1.54) is 0 Å². The standard InChI is InChI=1S/C20H28BNO3/c1-13-9-10-14-11-12-22(17(23)18(2,3)4)16(14)15(13)21-24-19(5,6)20(7,8)25-21/h9-12H,1-8H3. The highest BCUT2D eigenvalue weighted by atomic mass is 16.7. The number of carbonyl (C=O) groups excluding carboxylic acids is 1. The Morgan fingerprint density at radius 2 is 1.60 bits per heavy atom. The predicted molar refractivity (Wildman–Crippen MR) is 102 cm³/mol. The summed E-state index contributed by atoms with van der Waals surface area (Å²) in [7, 11) is -0.491. The van der Waals surface area contributed by atoms with Crippen molar-refractivity contribution in [3.63, 3.8) is 0 Å². The number of rotatable bonds is 1. The molecule has 1 aromatic heterocycles. The second kappa shape index (κ2) is 5.45. The quantitative estimate of drug-likeness (QED) is 0.738. The normalized spacial score (nSPS) is 19.6. The maximum Gasteiger partial charge on any atom is 0.497 e. The molecule has 2 aromatic rings. The van der Waals surface area contributed by atoms with Crippen LogP contribution in [0.4, 0.5) is 0 Å². The molecule has 0 amide bonds. The number of aromatic nitrogens is 1. The fourth-order valence-corrected chi connectivity index (χ4v) is 3.15. The van der Waals surface area contributed by atoms with Crippen molar-refractivity contribution in [1.29, 1.82) is 0 Å². The zero-order valence-corrected chi connectivity index (χ0v) is 16.6. The Bertz CT molecular complexity index is 826. The van der Waals surface area contributed by atoms with E-state index < -0.39 is 23.7 Å². The number of aryl methyl sites for hydroxylation is 1. The van der Waals surface area contributed by atoms with Gasteiger partial charge >= 0.3 is 7.12 Å². The average Bonchev–Trinajstić information content (AvgIpc) is 2.95. The third kappa shape index (κ3) is 2.83. The first kappa shape index (κ1) is 18.2. The molecule has 3 rings (SSSR count). The van der Waals surface area contributed by atoms with Crippen LogP contribution in [0.1, 0.15) is 58.8 Å². The topological polar surface area (TPSA) is 40.5 Å². The Morgan fingerprint density at radius 3 is 2.12 bits per heavy atom. The van der Waals surface area contributed by atoms with Crippen LogP contribution in [0.15, 0.2) is 24.4 Å². The summed E-state index contributed by atoms with van der Waals surface area (Å²) < 4.78 is 14.3. The Morgan fingerprint density at radius 1 is 1.04 bits per heavy atom. The summed E-state index contributed by atoms with van der Waals surface area (Å²) in [5.41, 5.74) is 1.59. The van der Waals surface area contributed by atoms with E-state index in [0.717, 1.165) is 21.9 Å². The van der Waals surface area contributed by atoms with E-state index >= 15 is 0 Å². The van der Waals surface area contributed by atoms with Gasteiger partial charge in [-0.3, -0.25) is 9.36 Å². The SMILES string of the molecule is Cc1ccc2ccn(C(=O)C(C)(C)C)c2c1B1OC(C)(C)C(C)(C)O1. The van der Waals surface area contributed by atoms with Crippen molar-refractivity contribution < 1.29 is 14.1 Å². The van der Waals surface area contributed by atoms with Gasteiger partial charge in [-0.15, -0.1) is 0 Å². The third-order valence-electron chi connectivity index (χ3n) is 5.46. The molecule has 5 heteroatoms. The molecule has 0 N–H and O–H groups in total. The van der Waals surface area contributed by atoms with Crippen LogP contribution in [-0.4, -0.2) is 28.8 Å². The summed E-state index contributed by atoms with van der Waals surface area (Å²) in [4.78, 5) is 13.0. The fourth-order valence-electron chi connectivity index (χ4n) is 3.15. The van der Waals surface area contributed by atoms with Crippen LogP contribution in [0.5, 0.6) is 0 Å². The molecule has 25 heavy (non-hydrogen) atoms. The van der Waals surface area contributed by atoms with Gasteiger partial charge in [-0.2, -0.15) is 0 Å². The molecule has 4 nitrogen and oxygen atoms in total. The molecule has 2 heterocycles. The molecular weight excluding hydrogens is 313 g/mol. The highest BCUT2D eigenvalue weighted by Crippen LogP contribution is 2.37. The average molecular weight is 341 g/mol. The summed E-state index contributed by atoms with van der Waals surface area (Å²) in [6.07, 6.45) is 1.85. The second-order valence-corrected chi connectivity index (χ2v) is 9.06. The van der Waals surface area contributed by atoms with Gasteiger partial charge in [-0.25, -0.2) is 0 Å². The monoisotopic (exact) mass is 341 g/mol. The number of hydrogen-bond donors (Lipinski definition) is 0. The highest BCUT2D eigenvalue weighted by molar-refractivity contribution is 6.65. The molecule has 1 saturated heterocycles. The lowest BCUT2D eigenvalue weighted by Gasteiger charge is -2.32. The van der Waals surface area contributed by atoms with E-state index in [2.05, 4.69) is 6.07 Å². The van der Waals surface area contributed by atoms with Gasteiger partial charge in [-0.1, -0.05) is 32.9 Å². The van der Waals surface area contributed by atoms with Gasteiger partial charge in [0.15, 0.2) is 0 Å². The molecule has 0 atom stereocenters. The van der Waals surface area contributed by atoms with Crippen molar-refractivity contribution in [1.82, 2.24) is 4.57 Å². The lowest BCUT2D eigenvalue weighted by Crippen LogP contribution is -2.41. The minimum Gasteiger partial charge on any atom is -0.399 e. The van der Waals surface area contributed by atoms with Gasteiger partial charge in [0.25, 0.3) is 0 Å². The maximum absolute atomic E-state index is 13.0. The molecule has 0 unspecified atom stereocenters. The maximum atomic E-state index is 13.0. The first-order chi connectivity index (χ1) is 11.3. The Balaban J connectivity index is 2.21. The molecule has 0 aliphatic carbocycles. The van der Waals surface area contributed by atoms with Crippen LogP contribution < -0.4 is 5.46 Å². The van der Waals surface area contributed by atoms with E-state index in [1.54, 1.807) is 4.57 Å². The molecule has 1 aliphatic rings. The predicted octanol–water partition coefficient (Wildman–Crippen LogP) is 3.94. The van der Waals surface area contributed by atoms with Crippen molar-refractivity contribution in [3.05, 3.63) is 30.0 Å². The molecule has 1 aromatic carbocycles. The molecular formula is C20H28BNO3. The summed E-state index contributed by atoms with van der Waals surface area (Å²) in [5, 5.41) is 1.02. The first-order valence-corrected chi connectivity index (χ1v) is 8.86.